The van der Waals surface area contributed by atoms with Crippen LogP contribution in [0.5, 0.6) is 0 Å². The van der Waals surface area contributed by atoms with Gasteiger partial charge in [-0.25, -0.2) is 4.79 Å². The van der Waals surface area contributed by atoms with Crippen LogP contribution in [0.3, 0.4) is 0 Å². The molecule has 0 radical (unpaired) electrons. The van der Waals surface area contributed by atoms with Crippen molar-refractivity contribution in [1.29, 1.82) is 5.26 Å². The number of carbonyl (C=O) groups excluding carboxylic acids is 1. The molecule has 0 amide bonds. The van der Waals surface area contributed by atoms with E-state index in [0.717, 1.165) is 59.8 Å². The molecular formula is C27H25F3N2O2S. The number of aryl methyl sites for hydroxylation is 2. The van der Waals surface area contributed by atoms with Crippen LogP contribution in [0.4, 0.5) is 13.2 Å². The van der Waals surface area contributed by atoms with Crippen LogP contribution in [-0.2, 0) is 23.8 Å². The molecule has 4 rings (SSSR count). The lowest BCUT2D eigenvalue weighted by Crippen LogP contribution is -2.12. The molecule has 8 heteroatoms. The first-order chi connectivity index (χ1) is 16.7. The highest BCUT2D eigenvalue weighted by Crippen LogP contribution is 2.39. The lowest BCUT2D eigenvalue weighted by molar-refractivity contribution is -0.137. The van der Waals surface area contributed by atoms with Crippen LogP contribution in [-0.4, -0.2) is 17.1 Å². The van der Waals surface area contributed by atoms with E-state index < -0.39 is 11.7 Å². The number of allylic oxidation sites excluding steroid dienone is 1. The zero-order chi connectivity index (χ0) is 25.3. The van der Waals surface area contributed by atoms with Gasteiger partial charge in [0.15, 0.2) is 0 Å². The van der Waals surface area contributed by atoms with Gasteiger partial charge in [0.2, 0.25) is 0 Å². The molecule has 0 saturated heterocycles. The van der Waals surface area contributed by atoms with E-state index in [9.17, 15) is 23.2 Å². The predicted octanol–water partition coefficient (Wildman–Crippen LogP) is 7.29. The number of nitrogens with zero attached hydrogens (tertiary/aromatic N) is 2. The third-order valence-corrected chi connectivity index (χ3v) is 7.50. The Morgan fingerprint density at radius 3 is 2.66 bits per heavy atom. The average Bonchev–Trinajstić information content (AvgIpc) is 3.33. The van der Waals surface area contributed by atoms with E-state index >= 15 is 0 Å². The Bertz CT molecular complexity index is 1360. The minimum absolute atomic E-state index is 0.132. The largest absolute Gasteiger partial charge is 0.462 e. The third-order valence-electron chi connectivity index (χ3n) is 6.23. The van der Waals surface area contributed by atoms with E-state index in [4.69, 9.17) is 4.74 Å². The highest BCUT2D eigenvalue weighted by molar-refractivity contribution is 7.15. The first kappa shape index (κ1) is 24.8. The zero-order valence-electron chi connectivity index (χ0n) is 19.8. The van der Waals surface area contributed by atoms with E-state index in [0.29, 0.717) is 11.1 Å². The van der Waals surface area contributed by atoms with Crippen molar-refractivity contribution in [3.8, 4) is 11.1 Å². The van der Waals surface area contributed by atoms with Gasteiger partial charge in [-0.2, -0.15) is 18.4 Å². The SMILES string of the molecule is CCOC(=O)c1c(-n2c(C)cc(/C=C(\C#N)c3cccc(C(F)(F)F)c3)c2C)sc2c1CCCC2. The molecule has 1 aromatic carbocycles. The van der Waals surface area contributed by atoms with Crippen molar-refractivity contribution >= 4 is 29.0 Å². The highest BCUT2D eigenvalue weighted by Gasteiger charge is 2.31. The Labute approximate surface area is 206 Å². The van der Waals surface area contributed by atoms with Crippen LogP contribution in [0.2, 0.25) is 0 Å². The van der Waals surface area contributed by atoms with Crippen molar-refractivity contribution in [2.24, 2.45) is 0 Å². The molecular weight excluding hydrogens is 473 g/mol. The zero-order valence-corrected chi connectivity index (χ0v) is 20.6. The van der Waals surface area contributed by atoms with E-state index in [-0.39, 0.29) is 23.7 Å². The van der Waals surface area contributed by atoms with Gasteiger partial charge < -0.3 is 9.30 Å². The van der Waals surface area contributed by atoms with Crippen molar-refractivity contribution in [1.82, 2.24) is 4.57 Å². The number of ether oxygens (including phenoxy) is 1. The highest BCUT2D eigenvalue weighted by atomic mass is 32.1. The summed E-state index contributed by atoms with van der Waals surface area (Å²) < 4.78 is 46.9. The van der Waals surface area contributed by atoms with Crippen molar-refractivity contribution in [2.75, 3.05) is 6.61 Å². The van der Waals surface area contributed by atoms with Crippen LogP contribution < -0.4 is 0 Å². The van der Waals surface area contributed by atoms with Gasteiger partial charge >= 0.3 is 12.1 Å². The number of rotatable bonds is 5. The molecule has 182 valence electrons. The maximum absolute atomic E-state index is 13.2. The molecule has 2 heterocycles. The van der Waals surface area contributed by atoms with Gasteiger partial charge in [-0.05, 0) is 87.4 Å². The van der Waals surface area contributed by atoms with Crippen LogP contribution in [0.15, 0.2) is 30.3 Å². The number of halogens is 3. The molecule has 0 atom stereocenters. The molecule has 1 aliphatic carbocycles. The number of aromatic nitrogens is 1. The van der Waals surface area contributed by atoms with Crippen molar-refractivity contribution < 1.29 is 22.7 Å². The normalized spacial score (nSPS) is 13.9. The minimum atomic E-state index is -4.49. The third kappa shape index (κ3) is 4.78. The molecule has 4 nitrogen and oxygen atoms in total. The van der Waals surface area contributed by atoms with Crippen LogP contribution in [0.25, 0.3) is 16.7 Å². The molecule has 0 N–H and O–H groups in total. The molecule has 2 aromatic heterocycles. The summed E-state index contributed by atoms with van der Waals surface area (Å²) in [6, 6.07) is 8.69. The number of fused-ring (bicyclic) bond motifs is 1. The summed E-state index contributed by atoms with van der Waals surface area (Å²) in [6.45, 7) is 5.85. The van der Waals surface area contributed by atoms with E-state index in [2.05, 4.69) is 0 Å². The molecule has 0 bridgehead atoms. The van der Waals surface area contributed by atoms with Crippen molar-refractivity contribution in [2.45, 2.75) is 52.6 Å². The second-order valence-electron chi connectivity index (χ2n) is 8.52. The average molecular weight is 499 g/mol. The Hall–Kier alpha value is -3.31. The Kier molecular flexibility index (Phi) is 6.91. The molecule has 0 aliphatic heterocycles. The Morgan fingerprint density at radius 1 is 1.23 bits per heavy atom. The summed E-state index contributed by atoms with van der Waals surface area (Å²) in [5.74, 6) is -0.340. The maximum atomic E-state index is 13.2. The molecule has 3 aromatic rings. The predicted molar refractivity (Wildman–Crippen MR) is 131 cm³/mol. The van der Waals surface area contributed by atoms with Gasteiger partial charge in [-0.1, -0.05) is 12.1 Å². The number of hydrogen-bond donors (Lipinski definition) is 0. The first-order valence-electron chi connectivity index (χ1n) is 11.5. The smallest absolute Gasteiger partial charge is 0.416 e. The maximum Gasteiger partial charge on any atom is 0.416 e. The van der Waals surface area contributed by atoms with E-state index in [1.54, 1.807) is 24.3 Å². The summed E-state index contributed by atoms with van der Waals surface area (Å²) in [7, 11) is 0. The molecule has 0 spiro atoms. The first-order valence-corrected chi connectivity index (χ1v) is 12.3. The number of nitriles is 1. The summed E-state index contributed by atoms with van der Waals surface area (Å²) in [4.78, 5) is 14.1. The van der Waals surface area contributed by atoms with E-state index in [1.807, 2.05) is 30.6 Å². The van der Waals surface area contributed by atoms with Gasteiger partial charge in [0.1, 0.15) is 5.00 Å². The van der Waals surface area contributed by atoms with Crippen LogP contribution in [0, 0.1) is 25.2 Å². The van der Waals surface area contributed by atoms with Gasteiger partial charge in [0.25, 0.3) is 0 Å². The lowest BCUT2D eigenvalue weighted by atomic mass is 9.95. The van der Waals surface area contributed by atoms with Crippen LogP contribution >= 0.6 is 11.3 Å². The lowest BCUT2D eigenvalue weighted by Gasteiger charge is -2.13. The summed E-state index contributed by atoms with van der Waals surface area (Å²) in [5.41, 5.74) is 3.55. The second kappa shape index (κ2) is 9.74. The van der Waals surface area contributed by atoms with Crippen molar-refractivity contribution in [3.63, 3.8) is 0 Å². The fourth-order valence-electron chi connectivity index (χ4n) is 4.57. The molecule has 0 saturated carbocycles. The molecule has 35 heavy (non-hydrogen) atoms. The number of alkyl halides is 3. The van der Waals surface area contributed by atoms with Gasteiger partial charge in [-0.15, -0.1) is 11.3 Å². The number of esters is 1. The summed E-state index contributed by atoms with van der Waals surface area (Å²) in [6.07, 6.45) is 0.970. The number of benzene rings is 1. The Balaban J connectivity index is 1.83. The second-order valence-corrected chi connectivity index (χ2v) is 9.61. The molecule has 1 aliphatic rings. The quantitative estimate of drug-likeness (QED) is 0.274. The van der Waals surface area contributed by atoms with Gasteiger partial charge in [0.05, 0.1) is 29.4 Å². The van der Waals surface area contributed by atoms with Crippen molar-refractivity contribution in [3.05, 3.63) is 74.4 Å². The Morgan fingerprint density at radius 2 is 1.97 bits per heavy atom. The molecule has 0 unspecified atom stereocenters. The van der Waals surface area contributed by atoms with E-state index in [1.165, 1.54) is 17.0 Å². The summed E-state index contributed by atoms with van der Waals surface area (Å²) in [5, 5.41) is 10.5. The minimum Gasteiger partial charge on any atom is -0.462 e. The van der Waals surface area contributed by atoms with Gasteiger partial charge in [0, 0.05) is 16.3 Å². The standard InChI is InChI=1S/C27H25F3N2O2S/c1-4-34-26(33)24-22-10-5-6-11-23(22)35-25(24)32-16(2)12-19(17(32)3)13-20(15-31)18-8-7-9-21(14-18)27(28,29)30/h7-9,12-14H,4-6,10-11H2,1-3H3/b20-13+. The number of carbonyl (C=O) groups is 1. The topological polar surface area (TPSA) is 55.0 Å². The fourth-order valence-corrected chi connectivity index (χ4v) is 6.06. The number of thiophene rings is 1. The molecule has 0 fully saturated rings. The number of hydrogen-bond acceptors (Lipinski definition) is 4. The van der Waals surface area contributed by atoms with Gasteiger partial charge in [-0.3, -0.25) is 0 Å². The van der Waals surface area contributed by atoms with Crippen LogP contribution in [0.1, 0.15) is 68.6 Å². The fraction of sp³-hybridized carbons (Fsp3) is 0.333. The summed E-state index contributed by atoms with van der Waals surface area (Å²) >= 11 is 1.59. The monoisotopic (exact) mass is 498 g/mol.